The molecule has 0 bridgehead atoms. The van der Waals surface area contributed by atoms with Crippen LogP contribution in [-0.4, -0.2) is 35.5 Å². The Hall–Kier alpha value is -0.850. The molecule has 0 atom stereocenters. The molecule has 0 heterocycles. The number of amides is 1. The van der Waals surface area contributed by atoms with E-state index in [1.165, 1.54) is 13.8 Å². The van der Waals surface area contributed by atoms with Crippen molar-refractivity contribution in [1.82, 2.24) is 5.32 Å². The Morgan fingerprint density at radius 3 is 2.20 bits per heavy atom. The first-order chi connectivity index (χ1) is 6.63. The van der Waals surface area contributed by atoms with Gasteiger partial charge in [-0.25, -0.2) is 8.78 Å². The third kappa shape index (κ3) is 4.03. The van der Waals surface area contributed by atoms with E-state index < -0.39 is 23.8 Å². The zero-order valence-corrected chi connectivity index (χ0v) is 8.36. The Morgan fingerprint density at radius 2 is 1.87 bits per heavy atom. The van der Waals surface area contributed by atoms with Gasteiger partial charge in [0.1, 0.15) is 0 Å². The van der Waals surface area contributed by atoms with Crippen LogP contribution in [0.4, 0.5) is 17.6 Å². The first-order valence-electron chi connectivity index (χ1n) is 4.23. The highest BCUT2D eigenvalue weighted by Gasteiger charge is 2.50. The average molecular weight is 231 g/mol. The Bertz CT molecular complexity index is 231. The van der Waals surface area contributed by atoms with Gasteiger partial charge in [-0.1, -0.05) is 0 Å². The predicted molar refractivity (Wildman–Crippen MR) is 44.9 cm³/mol. The van der Waals surface area contributed by atoms with Crippen LogP contribution in [0.5, 0.6) is 0 Å². The number of halogens is 4. The molecule has 0 radical (unpaired) electrons. The zero-order valence-electron chi connectivity index (χ0n) is 8.36. The monoisotopic (exact) mass is 231 g/mol. The number of aliphatic hydroxyl groups is 1. The van der Waals surface area contributed by atoms with Crippen molar-refractivity contribution in [3.8, 4) is 0 Å². The van der Waals surface area contributed by atoms with Gasteiger partial charge < -0.3 is 10.4 Å². The van der Waals surface area contributed by atoms with Crippen LogP contribution in [0.15, 0.2) is 0 Å². The number of aliphatic hydroxyl groups excluding tert-OH is 1. The SMILES string of the molecule is CC(C)(CCO)NC(=O)C(F)(F)C(F)F. The van der Waals surface area contributed by atoms with Crippen molar-refractivity contribution < 1.29 is 27.5 Å². The van der Waals surface area contributed by atoms with Crippen molar-refractivity contribution in [2.45, 2.75) is 38.2 Å². The largest absolute Gasteiger partial charge is 0.396 e. The Labute approximate surface area is 84.5 Å². The fraction of sp³-hybridized carbons (Fsp3) is 0.875. The van der Waals surface area contributed by atoms with Gasteiger partial charge in [0.25, 0.3) is 5.91 Å². The molecule has 0 rings (SSSR count). The summed E-state index contributed by atoms with van der Waals surface area (Å²) < 4.78 is 48.5. The smallest absolute Gasteiger partial charge is 0.383 e. The zero-order chi connectivity index (χ0) is 12.3. The molecule has 90 valence electrons. The average Bonchev–Trinajstić information content (AvgIpc) is 2.02. The van der Waals surface area contributed by atoms with Gasteiger partial charge in [0.05, 0.1) is 0 Å². The van der Waals surface area contributed by atoms with Crippen molar-refractivity contribution in [3.63, 3.8) is 0 Å². The van der Waals surface area contributed by atoms with Gasteiger partial charge in [-0.2, -0.15) is 8.78 Å². The number of alkyl halides is 4. The van der Waals surface area contributed by atoms with E-state index >= 15 is 0 Å². The molecule has 0 spiro atoms. The van der Waals surface area contributed by atoms with Crippen LogP contribution < -0.4 is 5.32 Å². The molecule has 0 saturated heterocycles. The summed E-state index contributed by atoms with van der Waals surface area (Å²) in [5, 5.41) is 10.3. The molecule has 0 aliphatic heterocycles. The molecular weight excluding hydrogens is 218 g/mol. The van der Waals surface area contributed by atoms with Crippen LogP contribution in [0.25, 0.3) is 0 Å². The first kappa shape index (κ1) is 14.2. The minimum atomic E-state index is -4.70. The second-order valence-electron chi connectivity index (χ2n) is 3.74. The fourth-order valence-electron chi connectivity index (χ4n) is 0.832. The molecule has 0 fully saturated rings. The second kappa shape index (κ2) is 4.78. The summed E-state index contributed by atoms with van der Waals surface area (Å²) in [7, 11) is 0. The summed E-state index contributed by atoms with van der Waals surface area (Å²) in [6, 6.07) is 0. The van der Waals surface area contributed by atoms with E-state index in [1.807, 2.05) is 0 Å². The van der Waals surface area contributed by atoms with Crippen molar-refractivity contribution in [2.75, 3.05) is 6.61 Å². The van der Waals surface area contributed by atoms with Crippen molar-refractivity contribution in [2.24, 2.45) is 0 Å². The molecule has 0 aliphatic rings. The number of carbonyl (C=O) groups is 1. The van der Waals surface area contributed by atoms with E-state index in [-0.39, 0.29) is 13.0 Å². The highest BCUT2D eigenvalue weighted by Crippen LogP contribution is 2.24. The molecule has 2 N–H and O–H groups in total. The van der Waals surface area contributed by atoms with Gasteiger partial charge in [0.15, 0.2) is 0 Å². The normalized spacial score (nSPS) is 13.1. The molecule has 0 unspecified atom stereocenters. The molecule has 3 nitrogen and oxygen atoms in total. The van der Waals surface area contributed by atoms with E-state index in [4.69, 9.17) is 5.11 Å². The van der Waals surface area contributed by atoms with Gasteiger partial charge in [0.2, 0.25) is 0 Å². The number of hydrogen-bond acceptors (Lipinski definition) is 2. The van der Waals surface area contributed by atoms with E-state index in [9.17, 15) is 22.4 Å². The van der Waals surface area contributed by atoms with Gasteiger partial charge in [-0.3, -0.25) is 4.79 Å². The van der Waals surface area contributed by atoms with E-state index in [2.05, 4.69) is 0 Å². The standard InChI is InChI=1S/C8H13F4NO2/c1-7(2,3-4-14)13-6(15)8(11,12)5(9)10/h5,14H,3-4H2,1-2H3,(H,13,15). The summed E-state index contributed by atoms with van der Waals surface area (Å²) in [5.74, 6) is -6.73. The van der Waals surface area contributed by atoms with Crippen LogP contribution in [0.3, 0.4) is 0 Å². The van der Waals surface area contributed by atoms with Crippen molar-refractivity contribution >= 4 is 5.91 Å². The quantitative estimate of drug-likeness (QED) is 0.698. The minimum Gasteiger partial charge on any atom is -0.396 e. The summed E-state index contributed by atoms with van der Waals surface area (Å²) in [6.07, 6.45) is -4.04. The molecule has 15 heavy (non-hydrogen) atoms. The third-order valence-corrected chi connectivity index (χ3v) is 1.77. The van der Waals surface area contributed by atoms with Gasteiger partial charge in [-0.15, -0.1) is 0 Å². The Morgan fingerprint density at radius 1 is 1.40 bits per heavy atom. The summed E-state index contributed by atoms with van der Waals surface area (Å²) in [5.41, 5.74) is -1.15. The number of carbonyl (C=O) groups excluding carboxylic acids is 1. The topological polar surface area (TPSA) is 49.3 Å². The predicted octanol–water partition coefficient (Wildman–Crippen LogP) is 1.16. The fourth-order valence-corrected chi connectivity index (χ4v) is 0.832. The Balaban J connectivity index is 4.49. The highest BCUT2D eigenvalue weighted by atomic mass is 19.3. The van der Waals surface area contributed by atoms with Crippen LogP contribution in [-0.2, 0) is 4.79 Å². The molecule has 0 aliphatic carbocycles. The van der Waals surface area contributed by atoms with Crippen LogP contribution in [0.1, 0.15) is 20.3 Å². The van der Waals surface area contributed by atoms with Crippen LogP contribution >= 0.6 is 0 Å². The second-order valence-corrected chi connectivity index (χ2v) is 3.74. The maximum atomic E-state index is 12.5. The molecule has 1 amide bonds. The van der Waals surface area contributed by atoms with Crippen LogP contribution in [0, 0.1) is 0 Å². The number of rotatable bonds is 5. The molecule has 7 heteroatoms. The molecule has 0 saturated carbocycles. The van der Waals surface area contributed by atoms with Crippen LogP contribution in [0.2, 0.25) is 0 Å². The van der Waals surface area contributed by atoms with E-state index in [0.29, 0.717) is 0 Å². The maximum Gasteiger partial charge on any atom is 0.383 e. The number of hydrogen-bond donors (Lipinski definition) is 2. The molecule has 0 aromatic heterocycles. The lowest BCUT2D eigenvalue weighted by atomic mass is 10.0. The third-order valence-electron chi connectivity index (χ3n) is 1.77. The summed E-state index contributed by atoms with van der Waals surface area (Å²) in [4.78, 5) is 10.8. The van der Waals surface area contributed by atoms with E-state index in [1.54, 1.807) is 5.32 Å². The highest BCUT2D eigenvalue weighted by molar-refractivity contribution is 5.84. The van der Waals surface area contributed by atoms with Gasteiger partial charge in [0, 0.05) is 12.1 Å². The number of nitrogens with one attached hydrogen (secondary N) is 1. The lowest BCUT2D eigenvalue weighted by molar-refractivity contribution is -0.171. The Kier molecular flexibility index (Phi) is 4.51. The lowest BCUT2D eigenvalue weighted by Gasteiger charge is -2.27. The molecule has 0 aromatic rings. The molecule has 0 aromatic carbocycles. The van der Waals surface area contributed by atoms with Crippen molar-refractivity contribution in [3.05, 3.63) is 0 Å². The maximum absolute atomic E-state index is 12.5. The first-order valence-corrected chi connectivity index (χ1v) is 4.23. The van der Waals surface area contributed by atoms with E-state index in [0.717, 1.165) is 0 Å². The summed E-state index contributed by atoms with van der Waals surface area (Å²) >= 11 is 0. The summed E-state index contributed by atoms with van der Waals surface area (Å²) in [6.45, 7) is 2.36. The van der Waals surface area contributed by atoms with Gasteiger partial charge in [-0.05, 0) is 20.3 Å². The minimum absolute atomic E-state index is 0.00193. The lowest BCUT2D eigenvalue weighted by Crippen LogP contribution is -2.53. The van der Waals surface area contributed by atoms with Crippen molar-refractivity contribution in [1.29, 1.82) is 0 Å². The molecular formula is C8H13F4NO2. The van der Waals surface area contributed by atoms with Gasteiger partial charge >= 0.3 is 12.3 Å².